The van der Waals surface area contributed by atoms with Crippen LogP contribution in [0.25, 0.3) is 0 Å². The van der Waals surface area contributed by atoms with Gasteiger partial charge in [-0.15, -0.1) is 0 Å². The van der Waals surface area contributed by atoms with Crippen molar-refractivity contribution in [3.05, 3.63) is 59.4 Å². The van der Waals surface area contributed by atoms with E-state index in [9.17, 15) is 21.6 Å². The van der Waals surface area contributed by atoms with E-state index in [0.717, 1.165) is 18.2 Å². The predicted molar refractivity (Wildman–Crippen MR) is 94.5 cm³/mol. The van der Waals surface area contributed by atoms with Crippen LogP contribution in [0.5, 0.6) is 0 Å². The summed E-state index contributed by atoms with van der Waals surface area (Å²) in [6, 6.07) is 6.73. The highest BCUT2D eigenvalue weighted by Crippen LogP contribution is 2.42. The van der Waals surface area contributed by atoms with Gasteiger partial charge in [-0.1, -0.05) is 6.07 Å². The summed E-state index contributed by atoms with van der Waals surface area (Å²) >= 11 is 0. The molecule has 0 fully saturated rings. The SMILES string of the molecule is CNCCC[C@@H]1Cc2cc(F)ccc2N(c2c(F)cccc2F)S1(=O)=O. The fraction of sp³-hybridized carbons (Fsp3) is 0.333. The Kier molecular flexibility index (Phi) is 5.24. The van der Waals surface area contributed by atoms with Crippen LogP contribution in [0.3, 0.4) is 0 Å². The Balaban J connectivity index is 2.17. The van der Waals surface area contributed by atoms with Gasteiger partial charge in [-0.05, 0) is 68.8 Å². The second kappa shape index (κ2) is 7.28. The topological polar surface area (TPSA) is 49.4 Å². The number of sulfonamides is 1. The number of hydrogen-bond acceptors (Lipinski definition) is 3. The van der Waals surface area contributed by atoms with E-state index in [4.69, 9.17) is 0 Å². The zero-order chi connectivity index (χ0) is 18.9. The van der Waals surface area contributed by atoms with Gasteiger partial charge in [0.25, 0.3) is 0 Å². The molecule has 3 rings (SSSR count). The maximum atomic E-state index is 14.4. The molecule has 0 aliphatic carbocycles. The minimum Gasteiger partial charge on any atom is -0.320 e. The van der Waals surface area contributed by atoms with E-state index >= 15 is 0 Å². The molecule has 1 atom stereocenters. The van der Waals surface area contributed by atoms with Crippen LogP contribution in [0.4, 0.5) is 24.5 Å². The van der Waals surface area contributed by atoms with Crippen molar-refractivity contribution in [3.63, 3.8) is 0 Å². The summed E-state index contributed by atoms with van der Waals surface area (Å²) in [5, 5.41) is 2.05. The van der Waals surface area contributed by atoms with Gasteiger partial charge in [0, 0.05) is 0 Å². The first-order valence-corrected chi connectivity index (χ1v) is 9.77. The molecule has 8 heteroatoms. The highest BCUT2D eigenvalue weighted by molar-refractivity contribution is 7.93. The van der Waals surface area contributed by atoms with Crippen LogP contribution in [-0.4, -0.2) is 27.3 Å². The van der Waals surface area contributed by atoms with Gasteiger partial charge in [-0.25, -0.2) is 25.9 Å². The Morgan fingerprint density at radius 1 is 1.15 bits per heavy atom. The molecule has 0 saturated carbocycles. The number of rotatable bonds is 5. The van der Waals surface area contributed by atoms with Gasteiger partial charge in [-0.3, -0.25) is 0 Å². The molecular formula is C18H19F3N2O2S. The van der Waals surface area contributed by atoms with Crippen LogP contribution in [-0.2, 0) is 16.4 Å². The molecule has 1 aliphatic rings. The van der Waals surface area contributed by atoms with Crippen molar-refractivity contribution in [1.82, 2.24) is 5.32 Å². The van der Waals surface area contributed by atoms with Gasteiger partial charge in [0.1, 0.15) is 11.5 Å². The van der Waals surface area contributed by atoms with E-state index in [1.54, 1.807) is 7.05 Å². The van der Waals surface area contributed by atoms with Crippen molar-refractivity contribution in [2.24, 2.45) is 0 Å². The Bertz CT molecular complexity index is 898. The normalized spacial score (nSPS) is 18.6. The lowest BCUT2D eigenvalue weighted by atomic mass is 10.0. The van der Waals surface area contributed by atoms with Gasteiger partial charge in [0.15, 0.2) is 11.6 Å². The second-order valence-electron chi connectivity index (χ2n) is 6.22. The highest BCUT2D eigenvalue weighted by atomic mass is 32.2. The molecule has 140 valence electrons. The van der Waals surface area contributed by atoms with Crippen molar-refractivity contribution < 1.29 is 21.6 Å². The third-order valence-electron chi connectivity index (χ3n) is 4.48. The number of para-hydroxylation sites is 1. The first kappa shape index (κ1) is 18.7. The van der Waals surface area contributed by atoms with Gasteiger partial charge < -0.3 is 5.32 Å². The predicted octanol–water partition coefficient (Wildman–Crippen LogP) is 3.50. The van der Waals surface area contributed by atoms with Crippen molar-refractivity contribution >= 4 is 21.4 Å². The van der Waals surface area contributed by atoms with Gasteiger partial charge >= 0.3 is 0 Å². The molecule has 1 heterocycles. The lowest BCUT2D eigenvalue weighted by molar-refractivity contribution is 0.545. The average molecular weight is 384 g/mol. The van der Waals surface area contributed by atoms with Gasteiger partial charge in [0.2, 0.25) is 10.0 Å². The van der Waals surface area contributed by atoms with E-state index in [0.29, 0.717) is 29.3 Å². The summed E-state index contributed by atoms with van der Waals surface area (Å²) in [7, 11) is -2.31. The minimum absolute atomic E-state index is 0.0836. The first-order valence-electron chi connectivity index (χ1n) is 8.27. The molecule has 1 aliphatic heterocycles. The molecule has 0 spiro atoms. The summed E-state index contributed by atoms with van der Waals surface area (Å²) < 4.78 is 69.4. The maximum Gasteiger partial charge on any atom is 0.242 e. The Morgan fingerprint density at radius 2 is 1.85 bits per heavy atom. The molecule has 2 aromatic carbocycles. The number of halogens is 3. The molecule has 0 radical (unpaired) electrons. The van der Waals surface area contributed by atoms with Crippen molar-refractivity contribution in [2.45, 2.75) is 24.5 Å². The third kappa shape index (κ3) is 3.31. The number of nitrogens with one attached hydrogen (secondary N) is 1. The summed E-state index contributed by atoms with van der Waals surface area (Å²) in [5.74, 6) is -2.49. The molecular weight excluding hydrogens is 365 g/mol. The third-order valence-corrected chi connectivity index (χ3v) is 6.61. The van der Waals surface area contributed by atoms with E-state index in [1.807, 2.05) is 0 Å². The van der Waals surface area contributed by atoms with E-state index in [1.165, 1.54) is 18.2 Å². The second-order valence-corrected chi connectivity index (χ2v) is 8.29. The molecule has 0 bridgehead atoms. The molecule has 0 unspecified atom stereocenters. The van der Waals surface area contributed by atoms with Crippen LogP contribution in [0.2, 0.25) is 0 Å². The molecule has 2 aromatic rings. The minimum atomic E-state index is -4.07. The summed E-state index contributed by atoms with van der Waals surface area (Å²) in [5.41, 5.74) is -0.157. The average Bonchev–Trinajstić information content (AvgIpc) is 2.57. The van der Waals surface area contributed by atoms with Gasteiger partial charge in [-0.2, -0.15) is 0 Å². The number of anilines is 2. The molecule has 0 aromatic heterocycles. The number of hydrogen-bond donors (Lipinski definition) is 1. The highest BCUT2D eigenvalue weighted by Gasteiger charge is 2.41. The fourth-order valence-electron chi connectivity index (χ4n) is 3.24. The Morgan fingerprint density at radius 3 is 2.50 bits per heavy atom. The standard InChI is InChI=1S/C18H19F3N2O2S/c1-22-9-3-4-14-11-12-10-13(19)7-8-17(12)23(26(14,24)25)18-15(20)5-2-6-16(18)21/h2,5-8,10,14,22H,3-4,9,11H2,1H3/t14-/m1/s1. The van der Waals surface area contributed by atoms with Crippen LogP contribution in [0.15, 0.2) is 36.4 Å². The van der Waals surface area contributed by atoms with Crippen molar-refractivity contribution in [2.75, 3.05) is 17.9 Å². The Hall–Kier alpha value is -2.06. The van der Waals surface area contributed by atoms with E-state index < -0.39 is 38.4 Å². The largest absolute Gasteiger partial charge is 0.320 e. The van der Waals surface area contributed by atoms with Crippen LogP contribution >= 0.6 is 0 Å². The van der Waals surface area contributed by atoms with Crippen LogP contribution in [0, 0.1) is 17.5 Å². The first-order chi connectivity index (χ1) is 12.4. The summed E-state index contributed by atoms with van der Waals surface area (Å²) in [4.78, 5) is 0. The zero-order valence-electron chi connectivity index (χ0n) is 14.2. The maximum absolute atomic E-state index is 14.4. The molecule has 26 heavy (non-hydrogen) atoms. The molecule has 0 saturated heterocycles. The molecule has 1 N–H and O–H groups in total. The number of nitrogens with zero attached hydrogens (tertiary/aromatic N) is 1. The monoisotopic (exact) mass is 384 g/mol. The summed E-state index contributed by atoms with van der Waals surface area (Å²) in [6.45, 7) is 0.607. The summed E-state index contributed by atoms with van der Waals surface area (Å²) in [6.07, 6.45) is 0.968. The van der Waals surface area contributed by atoms with Crippen molar-refractivity contribution in [1.29, 1.82) is 0 Å². The van der Waals surface area contributed by atoms with Crippen molar-refractivity contribution in [3.8, 4) is 0 Å². The Labute approximate surface area is 150 Å². The lowest BCUT2D eigenvalue weighted by Gasteiger charge is -2.35. The molecule has 4 nitrogen and oxygen atoms in total. The zero-order valence-corrected chi connectivity index (χ0v) is 15.0. The van der Waals surface area contributed by atoms with E-state index in [-0.39, 0.29) is 12.1 Å². The number of benzene rings is 2. The van der Waals surface area contributed by atoms with Gasteiger partial charge in [0.05, 0.1) is 10.9 Å². The van der Waals surface area contributed by atoms with Crippen LogP contribution < -0.4 is 9.62 Å². The fourth-order valence-corrected chi connectivity index (χ4v) is 5.27. The number of fused-ring (bicyclic) bond motifs is 1. The van der Waals surface area contributed by atoms with E-state index in [2.05, 4.69) is 5.32 Å². The quantitative estimate of drug-likeness (QED) is 0.803. The smallest absolute Gasteiger partial charge is 0.242 e. The van der Waals surface area contributed by atoms with Crippen LogP contribution in [0.1, 0.15) is 18.4 Å². The molecule has 0 amide bonds. The lowest BCUT2D eigenvalue weighted by Crippen LogP contribution is -2.42.